The second-order valence-corrected chi connectivity index (χ2v) is 4.17. The van der Waals surface area contributed by atoms with Gasteiger partial charge in [-0.3, -0.25) is 9.48 Å². The Balaban J connectivity index is 2.37. The third-order valence-electron chi connectivity index (χ3n) is 2.65. The van der Waals surface area contributed by atoms with Crippen molar-refractivity contribution in [3.63, 3.8) is 0 Å². The van der Waals surface area contributed by atoms with Gasteiger partial charge in [-0.1, -0.05) is 0 Å². The molecule has 1 aromatic rings. The molecule has 0 aliphatic heterocycles. The van der Waals surface area contributed by atoms with Gasteiger partial charge in [-0.15, -0.1) is 0 Å². The first kappa shape index (κ1) is 12.7. The van der Waals surface area contributed by atoms with Gasteiger partial charge >= 0.3 is 0 Å². The molecule has 0 radical (unpaired) electrons. The molecule has 1 heterocycles. The van der Waals surface area contributed by atoms with Gasteiger partial charge in [-0.25, -0.2) is 0 Å². The summed E-state index contributed by atoms with van der Waals surface area (Å²) in [6.07, 6.45) is 2.51. The highest BCUT2D eigenvalue weighted by atomic mass is 16.5. The summed E-state index contributed by atoms with van der Waals surface area (Å²) in [6, 6.07) is 1.94. The fraction of sp³-hybridized carbons (Fsp3) is 0.636. The van der Waals surface area contributed by atoms with E-state index in [1.165, 1.54) is 7.11 Å². The molecule has 0 aliphatic rings. The Hall–Kier alpha value is -1.36. The number of ether oxygens (including phenoxy) is 1. The molecule has 0 atom stereocenters. The summed E-state index contributed by atoms with van der Waals surface area (Å²) < 4.78 is 6.88. The van der Waals surface area contributed by atoms with Crippen LogP contribution >= 0.6 is 0 Å². The van der Waals surface area contributed by atoms with E-state index in [-0.39, 0.29) is 5.91 Å². The molecule has 90 valence electrons. The summed E-state index contributed by atoms with van der Waals surface area (Å²) >= 11 is 0. The number of aromatic nitrogens is 2. The number of hydrogen-bond donors (Lipinski definition) is 1. The minimum atomic E-state index is -0.771. The first-order valence-electron chi connectivity index (χ1n) is 5.27. The lowest BCUT2D eigenvalue weighted by Gasteiger charge is -2.21. The number of carbonyl (C=O) groups excluding carboxylic acids is 1. The Morgan fingerprint density at radius 1 is 1.62 bits per heavy atom. The molecular formula is C11H19N3O2. The van der Waals surface area contributed by atoms with Crippen molar-refractivity contribution in [1.29, 1.82) is 0 Å². The molecule has 0 saturated carbocycles. The molecule has 1 amide bonds. The summed E-state index contributed by atoms with van der Waals surface area (Å²) in [5, 5.41) is 6.89. The molecule has 16 heavy (non-hydrogen) atoms. The number of aryl methyl sites for hydroxylation is 1. The highest BCUT2D eigenvalue weighted by Gasteiger charge is 2.26. The van der Waals surface area contributed by atoms with E-state index in [0.717, 1.165) is 12.1 Å². The zero-order chi connectivity index (χ0) is 12.2. The minimum Gasteiger partial charge on any atom is -0.369 e. The van der Waals surface area contributed by atoms with Crippen molar-refractivity contribution >= 4 is 5.91 Å². The van der Waals surface area contributed by atoms with Crippen LogP contribution in [0.5, 0.6) is 0 Å². The van der Waals surface area contributed by atoms with Crippen LogP contribution in [-0.4, -0.2) is 34.9 Å². The van der Waals surface area contributed by atoms with Crippen LogP contribution in [0.25, 0.3) is 0 Å². The number of rotatable bonds is 5. The van der Waals surface area contributed by atoms with Gasteiger partial charge in [-0.05, 0) is 19.9 Å². The Morgan fingerprint density at radius 3 is 2.81 bits per heavy atom. The lowest BCUT2D eigenvalue weighted by atomic mass is 10.1. The Labute approximate surface area is 95.8 Å². The first-order valence-corrected chi connectivity index (χ1v) is 5.27. The minimum absolute atomic E-state index is 0.0998. The summed E-state index contributed by atoms with van der Waals surface area (Å²) in [4.78, 5) is 11.7. The van der Waals surface area contributed by atoms with Crippen molar-refractivity contribution in [3.8, 4) is 0 Å². The number of carbonyl (C=O) groups is 1. The second-order valence-electron chi connectivity index (χ2n) is 4.17. The van der Waals surface area contributed by atoms with E-state index in [4.69, 9.17) is 4.74 Å². The van der Waals surface area contributed by atoms with Crippen LogP contribution in [0, 0.1) is 0 Å². The topological polar surface area (TPSA) is 56.1 Å². The number of amides is 1. The van der Waals surface area contributed by atoms with Crippen LogP contribution in [0.4, 0.5) is 0 Å². The van der Waals surface area contributed by atoms with Crippen LogP contribution in [0.15, 0.2) is 12.3 Å². The molecule has 0 saturated heterocycles. The number of methoxy groups -OCH3 is 1. The standard InChI is InChI=1S/C11H19N3O2/c1-11(2,16-4)10(15)12-7-5-9-6-8-13-14(9)3/h6,8H,5,7H2,1-4H3,(H,12,15). The maximum absolute atomic E-state index is 11.7. The van der Waals surface area contributed by atoms with E-state index >= 15 is 0 Å². The predicted octanol–water partition coefficient (Wildman–Crippen LogP) is 0.504. The monoisotopic (exact) mass is 225 g/mol. The summed E-state index contributed by atoms with van der Waals surface area (Å²) in [6.45, 7) is 4.07. The van der Waals surface area contributed by atoms with Gasteiger partial charge in [0.2, 0.25) is 0 Å². The number of nitrogens with zero attached hydrogens (tertiary/aromatic N) is 2. The van der Waals surface area contributed by atoms with Crippen LogP contribution in [0.3, 0.4) is 0 Å². The maximum Gasteiger partial charge on any atom is 0.251 e. The molecule has 0 aromatic carbocycles. The van der Waals surface area contributed by atoms with Crippen molar-refractivity contribution in [2.45, 2.75) is 25.9 Å². The van der Waals surface area contributed by atoms with Gasteiger partial charge in [0.25, 0.3) is 5.91 Å². The average Bonchev–Trinajstić information content (AvgIpc) is 2.64. The van der Waals surface area contributed by atoms with Crippen molar-refractivity contribution in [2.24, 2.45) is 7.05 Å². The van der Waals surface area contributed by atoms with Crippen LogP contribution < -0.4 is 5.32 Å². The fourth-order valence-electron chi connectivity index (χ4n) is 1.26. The Kier molecular flexibility index (Phi) is 4.06. The zero-order valence-corrected chi connectivity index (χ0v) is 10.3. The van der Waals surface area contributed by atoms with Crippen molar-refractivity contribution in [2.75, 3.05) is 13.7 Å². The molecule has 5 heteroatoms. The molecule has 0 bridgehead atoms. The van der Waals surface area contributed by atoms with Crippen molar-refractivity contribution < 1.29 is 9.53 Å². The van der Waals surface area contributed by atoms with Crippen molar-refractivity contribution in [3.05, 3.63) is 18.0 Å². The smallest absolute Gasteiger partial charge is 0.251 e. The van der Waals surface area contributed by atoms with E-state index < -0.39 is 5.60 Å². The SMILES string of the molecule is COC(C)(C)C(=O)NCCc1ccnn1C. The second kappa shape index (κ2) is 5.12. The molecular weight excluding hydrogens is 206 g/mol. The quantitative estimate of drug-likeness (QED) is 0.794. The van der Waals surface area contributed by atoms with Crippen LogP contribution in [-0.2, 0) is 23.0 Å². The predicted molar refractivity (Wildman–Crippen MR) is 61.0 cm³/mol. The van der Waals surface area contributed by atoms with Gasteiger partial charge in [0.15, 0.2) is 0 Å². The molecule has 0 spiro atoms. The summed E-state index contributed by atoms with van der Waals surface area (Å²) in [5.41, 5.74) is 0.322. The largest absolute Gasteiger partial charge is 0.369 e. The molecule has 5 nitrogen and oxygen atoms in total. The molecule has 1 N–H and O–H groups in total. The summed E-state index contributed by atoms with van der Waals surface area (Å²) in [7, 11) is 3.41. The van der Waals surface area contributed by atoms with E-state index in [0.29, 0.717) is 6.54 Å². The van der Waals surface area contributed by atoms with Gasteiger partial charge in [0, 0.05) is 39.0 Å². The van der Waals surface area contributed by atoms with Gasteiger partial charge in [0.05, 0.1) is 0 Å². The normalized spacial score (nSPS) is 11.5. The van der Waals surface area contributed by atoms with Gasteiger partial charge in [-0.2, -0.15) is 5.10 Å². The molecule has 1 rings (SSSR count). The van der Waals surface area contributed by atoms with E-state index in [2.05, 4.69) is 10.4 Å². The maximum atomic E-state index is 11.7. The van der Waals surface area contributed by atoms with Gasteiger partial charge in [0.1, 0.15) is 5.60 Å². The lowest BCUT2D eigenvalue weighted by Crippen LogP contribution is -2.44. The highest BCUT2D eigenvalue weighted by molar-refractivity contribution is 5.84. The molecule has 0 fully saturated rings. The van der Waals surface area contributed by atoms with E-state index in [1.54, 1.807) is 24.7 Å². The fourth-order valence-corrected chi connectivity index (χ4v) is 1.26. The Morgan fingerprint density at radius 2 is 2.31 bits per heavy atom. The van der Waals surface area contributed by atoms with E-state index in [9.17, 15) is 4.79 Å². The summed E-state index contributed by atoms with van der Waals surface area (Å²) in [5.74, 6) is -0.0998. The van der Waals surface area contributed by atoms with Crippen molar-refractivity contribution in [1.82, 2.24) is 15.1 Å². The Bertz CT molecular complexity index is 358. The highest BCUT2D eigenvalue weighted by Crippen LogP contribution is 2.06. The molecule has 0 aliphatic carbocycles. The zero-order valence-electron chi connectivity index (χ0n) is 10.3. The average molecular weight is 225 g/mol. The van der Waals surface area contributed by atoms with Gasteiger partial charge < -0.3 is 10.1 Å². The van der Waals surface area contributed by atoms with Crippen LogP contribution in [0.1, 0.15) is 19.5 Å². The third kappa shape index (κ3) is 3.06. The molecule has 0 unspecified atom stereocenters. The number of nitrogens with one attached hydrogen (secondary N) is 1. The van der Waals surface area contributed by atoms with E-state index in [1.807, 2.05) is 13.1 Å². The molecule has 1 aromatic heterocycles. The number of hydrogen-bond acceptors (Lipinski definition) is 3. The van der Waals surface area contributed by atoms with Crippen LogP contribution in [0.2, 0.25) is 0 Å². The third-order valence-corrected chi connectivity index (χ3v) is 2.65. The first-order chi connectivity index (χ1) is 7.47. The lowest BCUT2D eigenvalue weighted by molar-refractivity contribution is -0.139.